The second-order valence-corrected chi connectivity index (χ2v) is 10.2. The van der Waals surface area contributed by atoms with E-state index in [1.54, 1.807) is 32.0 Å². The Balaban J connectivity index is 1.94. The predicted molar refractivity (Wildman–Crippen MR) is 129 cm³/mol. The van der Waals surface area contributed by atoms with Crippen molar-refractivity contribution in [2.45, 2.75) is 40.3 Å². The number of anilines is 1. The monoisotopic (exact) mass is 489 g/mol. The third-order valence-electron chi connectivity index (χ3n) is 5.58. The van der Waals surface area contributed by atoms with Gasteiger partial charge in [0.25, 0.3) is 0 Å². The van der Waals surface area contributed by atoms with Gasteiger partial charge in [-0.1, -0.05) is 29.8 Å². The number of hydrogen-bond acceptors (Lipinski definition) is 6. The zero-order valence-corrected chi connectivity index (χ0v) is 20.7. The van der Waals surface area contributed by atoms with Crippen LogP contribution in [0.3, 0.4) is 0 Å². The first kappa shape index (κ1) is 25.4. The summed E-state index contributed by atoms with van der Waals surface area (Å²) in [6.45, 7) is 7.07. The number of aryl methyl sites for hydroxylation is 1. The van der Waals surface area contributed by atoms with Gasteiger partial charge in [-0.2, -0.15) is 0 Å². The number of benzene rings is 2. The fourth-order valence-corrected chi connectivity index (χ4v) is 4.73. The molecule has 0 saturated heterocycles. The molecule has 1 N–H and O–H groups in total. The first-order valence-electron chi connectivity index (χ1n) is 11.2. The number of carbonyl (C=O) groups excluding carboxylic acids is 2. The summed E-state index contributed by atoms with van der Waals surface area (Å²) in [6, 6.07) is 11.6. The molecule has 184 valence electrons. The van der Waals surface area contributed by atoms with Crippen LogP contribution in [-0.4, -0.2) is 56.8 Å². The van der Waals surface area contributed by atoms with Crippen LogP contribution in [0.4, 0.5) is 5.69 Å². The van der Waals surface area contributed by atoms with Crippen LogP contribution < -0.4 is 19.1 Å². The lowest BCUT2D eigenvalue weighted by molar-refractivity contribution is -0.139. The van der Waals surface area contributed by atoms with Crippen LogP contribution in [0.2, 0.25) is 0 Å². The largest absolute Gasteiger partial charge is 0.454 e. The summed E-state index contributed by atoms with van der Waals surface area (Å²) in [5.41, 5.74) is 2.16. The van der Waals surface area contributed by atoms with Gasteiger partial charge in [0.1, 0.15) is 12.6 Å². The molecule has 0 spiro atoms. The van der Waals surface area contributed by atoms with E-state index in [0.717, 1.165) is 15.4 Å². The minimum Gasteiger partial charge on any atom is -0.454 e. The van der Waals surface area contributed by atoms with Crippen LogP contribution in [0.25, 0.3) is 0 Å². The molecule has 1 aliphatic heterocycles. The van der Waals surface area contributed by atoms with E-state index in [1.807, 2.05) is 31.2 Å². The maximum atomic E-state index is 13.5. The molecule has 2 aromatic carbocycles. The van der Waals surface area contributed by atoms with Crippen molar-refractivity contribution < 1.29 is 27.5 Å². The lowest BCUT2D eigenvalue weighted by atomic mass is 10.1. The highest BCUT2D eigenvalue weighted by molar-refractivity contribution is 7.92. The molecule has 0 saturated carbocycles. The smallest absolute Gasteiger partial charge is 0.244 e. The van der Waals surface area contributed by atoms with Gasteiger partial charge < -0.3 is 19.7 Å². The van der Waals surface area contributed by atoms with E-state index >= 15 is 0 Å². The first-order valence-corrected chi connectivity index (χ1v) is 12.8. The molecule has 1 aliphatic rings. The molecule has 0 fully saturated rings. The number of hydrogen-bond donors (Lipinski definition) is 1. The fourth-order valence-electron chi connectivity index (χ4n) is 3.67. The van der Waals surface area contributed by atoms with Crippen molar-refractivity contribution in [2.24, 2.45) is 0 Å². The minimum atomic E-state index is -3.81. The van der Waals surface area contributed by atoms with Gasteiger partial charge in [0.05, 0.1) is 11.4 Å². The molecule has 3 rings (SSSR count). The molecule has 0 aromatic heterocycles. The van der Waals surface area contributed by atoms with Crippen molar-refractivity contribution in [1.82, 2.24) is 10.2 Å². The number of likely N-dealkylation sites (N-methyl/N-ethyl adjacent to an activating group) is 1. The summed E-state index contributed by atoms with van der Waals surface area (Å²) < 4.78 is 37.7. The zero-order valence-electron chi connectivity index (χ0n) is 19.9. The van der Waals surface area contributed by atoms with E-state index in [0.29, 0.717) is 23.7 Å². The Morgan fingerprint density at radius 1 is 1.09 bits per heavy atom. The van der Waals surface area contributed by atoms with E-state index in [4.69, 9.17) is 9.47 Å². The normalized spacial score (nSPS) is 13.3. The number of nitrogens with zero attached hydrogens (tertiary/aromatic N) is 2. The third-order valence-corrected chi connectivity index (χ3v) is 7.32. The molecule has 9 nitrogen and oxygen atoms in total. The molecular weight excluding hydrogens is 458 g/mol. The van der Waals surface area contributed by atoms with Crippen LogP contribution in [0.15, 0.2) is 42.5 Å². The predicted octanol–water partition coefficient (Wildman–Crippen LogP) is 2.43. The molecule has 0 bridgehead atoms. The van der Waals surface area contributed by atoms with E-state index in [9.17, 15) is 18.0 Å². The molecule has 2 aromatic rings. The van der Waals surface area contributed by atoms with E-state index in [-0.39, 0.29) is 25.0 Å². The van der Waals surface area contributed by atoms with Crippen LogP contribution in [-0.2, 0) is 26.2 Å². The summed E-state index contributed by atoms with van der Waals surface area (Å²) in [5, 5.41) is 2.74. The highest BCUT2D eigenvalue weighted by Gasteiger charge is 2.31. The first-order chi connectivity index (χ1) is 16.2. The van der Waals surface area contributed by atoms with E-state index in [2.05, 4.69) is 5.32 Å². The quantitative estimate of drug-likeness (QED) is 0.550. The Morgan fingerprint density at radius 2 is 1.82 bits per heavy atom. The summed E-state index contributed by atoms with van der Waals surface area (Å²) in [4.78, 5) is 27.6. The Hall–Kier alpha value is -3.27. The van der Waals surface area contributed by atoms with Crippen LogP contribution >= 0.6 is 0 Å². The summed E-state index contributed by atoms with van der Waals surface area (Å²) >= 11 is 0. The number of ether oxygens (including phenoxy) is 2. The van der Waals surface area contributed by atoms with Gasteiger partial charge in [-0.05, 0) is 45.4 Å². The molecule has 34 heavy (non-hydrogen) atoms. The van der Waals surface area contributed by atoms with Crippen LogP contribution in [0.1, 0.15) is 31.9 Å². The van der Waals surface area contributed by atoms with Crippen molar-refractivity contribution >= 4 is 27.5 Å². The average Bonchev–Trinajstić information content (AvgIpc) is 3.28. The number of carbonyl (C=O) groups is 2. The summed E-state index contributed by atoms with van der Waals surface area (Å²) in [5.74, 6) is -0.0757. The Morgan fingerprint density at radius 3 is 2.50 bits per heavy atom. The molecule has 0 aliphatic carbocycles. The van der Waals surface area contributed by atoms with Gasteiger partial charge in [-0.25, -0.2) is 8.42 Å². The zero-order chi connectivity index (χ0) is 24.9. The van der Waals surface area contributed by atoms with Gasteiger partial charge in [0, 0.05) is 19.2 Å². The van der Waals surface area contributed by atoms with Gasteiger partial charge in [0.15, 0.2) is 11.5 Å². The van der Waals surface area contributed by atoms with Crippen molar-refractivity contribution in [3.63, 3.8) is 0 Å². The molecule has 1 atom stereocenters. The van der Waals surface area contributed by atoms with E-state index < -0.39 is 28.5 Å². The van der Waals surface area contributed by atoms with E-state index in [1.165, 1.54) is 11.8 Å². The molecule has 0 radical (unpaired) electrons. The standard InChI is InChI=1S/C24H31N3O6S/c1-5-25-24(29)18(4)26(14-19-9-7-8-17(3)12-19)23(28)15-27(34(30,31)6-2)20-10-11-21-22(13-20)33-16-32-21/h7-13,18H,5-6,14-16H2,1-4H3,(H,25,29)/t18-/m1/s1. The lowest BCUT2D eigenvalue weighted by Crippen LogP contribution is -2.51. The lowest BCUT2D eigenvalue weighted by Gasteiger charge is -2.32. The van der Waals surface area contributed by atoms with Crippen molar-refractivity contribution in [2.75, 3.05) is 29.9 Å². The molecule has 10 heteroatoms. The van der Waals surface area contributed by atoms with Gasteiger partial charge >= 0.3 is 0 Å². The second kappa shape index (κ2) is 10.8. The van der Waals surface area contributed by atoms with Crippen molar-refractivity contribution in [1.29, 1.82) is 0 Å². The Labute approximate surface area is 200 Å². The SMILES string of the molecule is CCNC(=O)[C@@H](C)N(Cc1cccc(C)c1)C(=O)CN(c1ccc2c(c1)OCO2)S(=O)(=O)CC. The fraction of sp³-hybridized carbons (Fsp3) is 0.417. The number of sulfonamides is 1. The highest BCUT2D eigenvalue weighted by Crippen LogP contribution is 2.36. The third kappa shape index (κ3) is 5.80. The summed E-state index contributed by atoms with van der Waals surface area (Å²) in [7, 11) is -3.81. The molecule has 0 unspecified atom stereocenters. The Kier molecular flexibility index (Phi) is 8.03. The van der Waals surface area contributed by atoms with Crippen LogP contribution in [0, 0.1) is 6.92 Å². The average molecular weight is 490 g/mol. The second-order valence-electron chi connectivity index (χ2n) is 8.03. The number of nitrogens with one attached hydrogen (secondary N) is 1. The Bertz CT molecular complexity index is 1150. The minimum absolute atomic E-state index is 0.0482. The summed E-state index contributed by atoms with van der Waals surface area (Å²) in [6.07, 6.45) is 0. The molecule has 2 amide bonds. The topological polar surface area (TPSA) is 105 Å². The van der Waals surface area contributed by atoms with Crippen molar-refractivity contribution in [3.8, 4) is 11.5 Å². The number of fused-ring (bicyclic) bond motifs is 1. The van der Waals surface area contributed by atoms with Crippen molar-refractivity contribution in [3.05, 3.63) is 53.6 Å². The van der Waals surface area contributed by atoms with Gasteiger partial charge in [-0.3, -0.25) is 13.9 Å². The van der Waals surface area contributed by atoms with Crippen LogP contribution in [0.5, 0.6) is 11.5 Å². The maximum absolute atomic E-state index is 13.5. The number of amides is 2. The van der Waals surface area contributed by atoms with Gasteiger partial charge in [-0.15, -0.1) is 0 Å². The molecular formula is C24H31N3O6S. The molecule has 1 heterocycles. The maximum Gasteiger partial charge on any atom is 0.244 e. The number of rotatable bonds is 10. The van der Waals surface area contributed by atoms with Gasteiger partial charge in [0.2, 0.25) is 28.6 Å². The highest BCUT2D eigenvalue weighted by atomic mass is 32.2.